The summed E-state index contributed by atoms with van der Waals surface area (Å²) in [4.78, 5) is 10.8. The average Bonchev–Trinajstić information content (AvgIpc) is 2.50. The molecule has 0 spiro atoms. The molecule has 1 aliphatic carbocycles. The maximum Gasteiger partial charge on any atom is 0.306 e. The van der Waals surface area contributed by atoms with Crippen LogP contribution in [0, 0.1) is 23.7 Å². The Labute approximate surface area is 86.0 Å². The summed E-state index contributed by atoms with van der Waals surface area (Å²) in [5.74, 6) is 0.634. The molecule has 0 aromatic carbocycles. The summed E-state index contributed by atoms with van der Waals surface area (Å²) in [5, 5.41) is 8.88. The fourth-order valence-corrected chi connectivity index (χ4v) is 2.14. The van der Waals surface area contributed by atoms with E-state index >= 15 is 0 Å². The van der Waals surface area contributed by atoms with Gasteiger partial charge in [0, 0.05) is 0 Å². The highest BCUT2D eigenvalue weighted by Crippen LogP contribution is 2.33. The molecule has 0 amide bonds. The summed E-state index contributed by atoms with van der Waals surface area (Å²) < 4.78 is 0. The molecule has 0 aliphatic heterocycles. The first-order valence-electron chi connectivity index (χ1n) is 5.41. The van der Waals surface area contributed by atoms with E-state index in [1.807, 2.05) is 0 Å². The maximum absolute atomic E-state index is 10.8. The van der Waals surface area contributed by atoms with Crippen LogP contribution in [-0.2, 0) is 4.79 Å². The van der Waals surface area contributed by atoms with Gasteiger partial charge in [-0.05, 0) is 30.6 Å². The maximum atomic E-state index is 10.8. The van der Waals surface area contributed by atoms with E-state index in [9.17, 15) is 4.79 Å². The molecule has 2 nitrogen and oxygen atoms in total. The van der Waals surface area contributed by atoms with E-state index in [0.29, 0.717) is 11.8 Å². The number of carboxylic acid groups (broad SMARTS) is 1. The monoisotopic (exact) mass is 196 g/mol. The van der Waals surface area contributed by atoms with Gasteiger partial charge in [-0.2, -0.15) is 0 Å². The Bertz CT molecular complexity index is 230. The summed E-state index contributed by atoms with van der Waals surface area (Å²) in [5.41, 5.74) is 0. The lowest BCUT2D eigenvalue weighted by molar-refractivity contribution is -0.142. The molecule has 1 rings (SSSR count). The van der Waals surface area contributed by atoms with Crippen molar-refractivity contribution in [1.29, 1.82) is 0 Å². The minimum atomic E-state index is -0.676. The van der Waals surface area contributed by atoms with Crippen molar-refractivity contribution in [2.24, 2.45) is 23.7 Å². The Morgan fingerprint density at radius 2 is 2.07 bits per heavy atom. The summed E-state index contributed by atoms with van der Waals surface area (Å²) in [6.07, 6.45) is 6.49. The molecule has 3 unspecified atom stereocenters. The molecule has 0 aromatic heterocycles. The van der Waals surface area contributed by atoms with Gasteiger partial charge in [0.2, 0.25) is 0 Å². The van der Waals surface area contributed by atoms with Crippen molar-refractivity contribution in [2.75, 3.05) is 0 Å². The molecule has 1 aliphatic rings. The van der Waals surface area contributed by atoms with E-state index in [0.717, 1.165) is 6.42 Å². The minimum Gasteiger partial charge on any atom is -0.481 e. The van der Waals surface area contributed by atoms with Gasteiger partial charge in [0.15, 0.2) is 0 Å². The predicted molar refractivity (Wildman–Crippen MR) is 57.0 cm³/mol. The molecule has 0 aromatic rings. The number of carboxylic acids is 1. The first kappa shape index (κ1) is 11.3. The number of aliphatic carboxylic acids is 1. The minimum absolute atomic E-state index is 0.233. The lowest BCUT2D eigenvalue weighted by atomic mass is 9.88. The van der Waals surface area contributed by atoms with Crippen molar-refractivity contribution < 1.29 is 9.90 Å². The lowest BCUT2D eigenvalue weighted by Gasteiger charge is -2.16. The highest BCUT2D eigenvalue weighted by molar-refractivity contribution is 5.70. The molecular weight excluding hydrogens is 176 g/mol. The zero-order valence-electron chi connectivity index (χ0n) is 9.23. The standard InChI is InChI=1S/C12H20O2/c1-8(2)6-10-4-5-11(7-10)9(3)12(13)14/h4-5,8-11H,6-7H2,1-3H3,(H,13,14). The van der Waals surface area contributed by atoms with E-state index in [1.165, 1.54) is 6.42 Å². The number of hydrogen-bond acceptors (Lipinski definition) is 1. The van der Waals surface area contributed by atoms with Crippen LogP contribution < -0.4 is 0 Å². The van der Waals surface area contributed by atoms with Gasteiger partial charge in [0.25, 0.3) is 0 Å². The van der Waals surface area contributed by atoms with Crippen LogP contribution in [0.1, 0.15) is 33.6 Å². The molecule has 0 heterocycles. The summed E-state index contributed by atoms with van der Waals surface area (Å²) in [6, 6.07) is 0. The first-order valence-corrected chi connectivity index (χ1v) is 5.41. The molecule has 0 bridgehead atoms. The highest BCUT2D eigenvalue weighted by atomic mass is 16.4. The van der Waals surface area contributed by atoms with Crippen molar-refractivity contribution in [3.05, 3.63) is 12.2 Å². The number of rotatable bonds is 4. The largest absolute Gasteiger partial charge is 0.481 e. The third-order valence-corrected chi connectivity index (χ3v) is 3.01. The van der Waals surface area contributed by atoms with Crippen molar-refractivity contribution in [1.82, 2.24) is 0 Å². The van der Waals surface area contributed by atoms with Crippen molar-refractivity contribution >= 4 is 5.97 Å². The molecule has 0 saturated carbocycles. The normalized spacial score (nSPS) is 28.3. The van der Waals surface area contributed by atoms with Crippen LogP contribution in [0.3, 0.4) is 0 Å². The van der Waals surface area contributed by atoms with Crippen molar-refractivity contribution in [2.45, 2.75) is 33.6 Å². The van der Waals surface area contributed by atoms with Crippen LogP contribution >= 0.6 is 0 Å². The van der Waals surface area contributed by atoms with Gasteiger partial charge in [-0.15, -0.1) is 0 Å². The molecule has 0 radical (unpaired) electrons. The van der Waals surface area contributed by atoms with Gasteiger partial charge >= 0.3 is 5.97 Å². The summed E-state index contributed by atoms with van der Waals surface area (Å²) >= 11 is 0. The Morgan fingerprint density at radius 3 is 2.57 bits per heavy atom. The van der Waals surface area contributed by atoms with E-state index in [-0.39, 0.29) is 11.8 Å². The Kier molecular flexibility index (Phi) is 3.73. The van der Waals surface area contributed by atoms with Crippen LogP contribution in [0.2, 0.25) is 0 Å². The zero-order valence-corrected chi connectivity index (χ0v) is 9.23. The molecule has 3 atom stereocenters. The second-order valence-corrected chi connectivity index (χ2v) is 4.80. The molecule has 2 heteroatoms. The topological polar surface area (TPSA) is 37.3 Å². The second kappa shape index (κ2) is 4.63. The second-order valence-electron chi connectivity index (χ2n) is 4.80. The highest BCUT2D eigenvalue weighted by Gasteiger charge is 2.27. The van der Waals surface area contributed by atoms with Crippen LogP contribution in [0.15, 0.2) is 12.2 Å². The van der Waals surface area contributed by atoms with Gasteiger partial charge in [-0.3, -0.25) is 4.79 Å². The van der Waals surface area contributed by atoms with Gasteiger partial charge in [0.05, 0.1) is 5.92 Å². The fourth-order valence-electron chi connectivity index (χ4n) is 2.14. The fraction of sp³-hybridized carbons (Fsp3) is 0.750. The lowest BCUT2D eigenvalue weighted by Crippen LogP contribution is -2.18. The van der Waals surface area contributed by atoms with E-state index in [4.69, 9.17) is 5.11 Å². The molecule has 14 heavy (non-hydrogen) atoms. The smallest absolute Gasteiger partial charge is 0.306 e. The third-order valence-electron chi connectivity index (χ3n) is 3.01. The Hall–Kier alpha value is -0.790. The molecule has 0 fully saturated rings. The zero-order chi connectivity index (χ0) is 10.7. The molecular formula is C12H20O2. The summed E-state index contributed by atoms with van der Waals surface area (Å²) in [6.45, 7) is 6.22. The van der Waals surface area contributed by atoms with Crippen LogP contribution in [0.5, 0.6) is 0 Å². The first-order chi connectivity index (χ1) is 6.50. The third kappa shape index (κ3) is 2.86. The SMILES string of the molecule is CC(C)CC1C=CC(C(C)C(=O)O)C1. The number of hydrogen-bond donors (Lipinski definition) is 1. The summed E-state index contributed by atoms with van der Waals surface area (Å²) in [7, 11) is 0. The van der Waals surface area contributed by atoms with Gasteiger partial charge in [0.1, 0.15) is 0 Å². The van der Waals surface area contributed by atoms with Crippen molar-refractivity contribution in [3.63, 3.8) is 0 Å². The number of carbonyl (C=O) groups is 1. The Balaban J connectivity index is 2.42. The van der Waals surface area contributed by atoms with E-state index in [1.54, 1.807) is 6.92 Å². The molecule has 80 valence electrons. The Morgan fingerprint density at radius 1 is 1.43 bits per heavy atom. The molecule has 0 saturated heterocycles. The number of allylic oxidation sites excluding steroid dienone is 2. The van der Waals surface area contributed by atoms with Crippen LogP contribution in [0.25, 0.3) is 0 Å². The van der Waals surface area contributed by atoms with Gasteiger partial charge in [-0.1, -0.05) is 32.9 Å². The average molecular weight is 196 g/mol. The van der Waals surface area contributed by atoms with Crippen LogP contribution in [0.4, 0.5) is 0 Å². The quantitative estimate of drug-likeness (QED) is 0.702. The van der Waals surface area contributed by atoms with E-state index < -0.39 is 5.97 Å². The van der Waals surface area contributed by atoms with Crippen LogP contribution in [-0.4, -0.2) is 11.1 Å². The van der Waals surface area contributed by atoms with Gasteiger partial charge in [-0.25, -0.2) is 0 Å². The van der Waals surface area contributed by atoms with E-state index in [2.05, 4.69) is 26.0 Å². The molecule has 1 N–H and O–H groups in total. The van der Waals surface area contributed by atoms with Crippen molar-refractivity contribution in [3.8, 4) is 0 Å². The predicted octanol–water partition coefficient (Wildman–Crippen LogP) is 2.95. The van der Waals surface area contributed by atoms with Gasteiger partial charge < -0.3 is 5.11 Å².